The fraction of sp³-hybridized carbons (Fsp3) is 0.125. The number of methoxy groups -OCH3 is 1. The highest BCUT2D eigenvalue weighted by Gasteiger charge is 2.18. The summed E-state index contributed by atoms with van der Waals surface area (Å²) in [7, 11) is 1.62. The van der Waals surface area contributed by atoms with E-state index in [1.54, 1.807) is 7.11 Å². The van der Waals surface area contributed by atoms with Crippen molar-refractivity contribution in [1.29, 1.82) is 5.26 Å². The molecular formula is C24H20N4O2S. The van der Waals surface area contributed by atoms with Gasteiger partial charge in [-0.3, -0.25) is 4.57 Å². The summed E-state index contributed by atoms with van der Waals surface area (Å²) in [5.74, 6) is 2.33. The van der Waals surface area contributed by atoms with Crippen LogP contribution in [0.5, 0.6) is 11.5 Å². The van der Waals surface area contributed by atoms with Crippen LogP contribution in [0.25, 0.3) is 16.8 Å². The monoisotopic (exact) mass is 428 g/mol. The Morgan fingerprint density at radius 2 is 1.61 bits per heavy atom. The van der Waals surface area contributed by atoms with Gasteiger partial charge < -0.3 is 9.47 Å². The molecule has 1 aromatic heterocycles. The minimum atomic E-state index is 0.210. The van der Waals surface area contributed by atoms with Gasteiger partial charge in [-0.25, -0.2) is 0 Å². The van der Waals surface area contributed by atoms with Crippen molar-refractivity contribution in [2.45, 2.75) is 11.8 Å². The molecule has 0 amide bonds. The summed E-state index contributed by atoms with van der Waals surface area (Å²) in [6.45, 7) is 0.210. The standard InChI is InChI=1S/C24H20N4O2S/c1-29-22-14-8-6-12-20(22)28-23(26-27-24(28)31-16-15-25)17-30-21-13-7-5-11-19(21)18-9-3-2-4-10-18/h2-14H,16-17H2,1H3. The first-order valence-corrected chi connectivity index (χ1v) is 10.6. The second-order valence-electron chi connectivity index (χ2n) is 6.50. The fourth-order valence-electron chi connectivity index (χ4n) is 3.23. The molecule has 0 radical (unpaired) electrons. The number of ether oxygens (including phenoxy) is 2. The van der Waals surface area contributed by atoms with Gasteiger partial charge in [0.25, 0.3) is 0 Å². The minimum absolute atomic E-state index is 0.210. The van der Waals surface area contributed by atoms with E-state index in [0.717, 1.165) is 22.6 Å². The van der Waals surface area contributed by atoms with Gasteiger partial charge in [-0.15, -0.1) is 10.2 Å². The molecule has 4 rings (SSSR count). The zero-order valence-corrected chi connectivity index (χ0v) is 17.7. The summed E-state index contributed by atoms with van der Waals surface area (Å²) in [5, 5.41) is 18.2. The number of thioether (sulfide) groups is 1. The number of nitriles is 1. The maximum atomic E-state index is 9.01. The smallest absolute Gasteiger partial charge is 0.197 e. The summed E-state index contributed by atoms with van der Waals surface area (Å²) in [4.78, 5) is 0. The molecule has 6 nitrogen and oxygen atoms in total. The van der Waals surface area contributed by atoms with Gasteiger partial charge >= 0.3 is 0 Å². The second kappa shape index (κ2) is 9.83. The number of aromatic nitrogens is 3. The number of para-hydroxylation sites is 3. The molecule has 0 saturated carbocycles. The van der Waals surface area contributed by atoms with Gasteiger partial charge in [-0.2, -0.15) is 5.26 Å². The fourth-order valence-corrected chi connectivity index (χ4v) is 3.86. The van der Waals surface area contributed by atoms with Crippen LogP contribution in [-0.4, -0.2) is 27.6 Å². The number of hydrogen-bond donors (Lipinski definition) is 0. The molecule has 0 unspecified atom stereocenters. The Morgan fingerprint density at radius 3 is 2.39 bits per heavy atom. The highest BCUT2D eigenvalue weighted by Crippen LogP contribution is 2.32. The third-order valence-electron chi connectivity index (χ3n) is 4.62. The first kappa shape index (κ1) is 20.5. The van der Waals surface area contributed by atoms with Gasteiger partial charge in [0.05, 0.1) is 24.6 Å². The lowest BCUT2D eigenvalue weighted by atomic mass is 10.1. The largest absolute Gasteiger partial charge is 0.495 e. The molecule has 31 heavy (non-hydrogen) atoms. The lowest BCUT2D eigenvalue weighted by Crippen LogP contribution is -2.08. The van der Waals surface area contributed by atoms with E-state index in [-0.39, 0.29) is 12.4 Å². The predicted molar refractivity (Wildman–Crippen MR) is 120 cm³/mol. The quantitative estimate of drug-likeness (QED) is 0.362. The van der Waals surface area contributed by atoms with Crippen molar-refractivity contribution in [2.75, 3.05) is 12.9 Å². The average molecular weight is 429 g/mol. The molecule has 154 valence electrons. The van der Waals surface area contributed by atoms with Crippen LogP contribution in [0.4, 0.5) is 0 Å². The van der Waals surface area contributed by atoms with Crippen molar-refractivity contribution in [1.82, 2.24) is 14.8 Å². The van der Waals surface area contributed by atoms with Crippen molar-refractivity contribution in [3.63, 3.8) is 0 Å². The van der Waals surface area contributed by atoms with Gasteiger partial charge in [0.15, 0.2) is 11.0 Å². The lowest BCUT2D eigenvalue weighted by Gasteiger charge is -2.15. The summed E-state index contributed by atoms with van der Waals surface area (Å²) in [6.07, 6.45) is 0. The SMILES string of the molecule is COc1ccccc1-n1c(COc2ccccc2-c2ccccc2)nnc1SCC#N. The molecule has 0 N–H and O–H groups in total. The van der Waals surface area contributed by atoms with Crippen LogP contribution >= 0.6 is 11.8 Å². The first-order valence-electron chi connectivity index (χ1n) is 9.66. The minimum Gasteiger partial charge on any atom is -0.495 e. The van der Waals surface area contributed by atoms with Gasteiger partial charge in [0.2, 0.25) is 0 Å². The number of nitrogens with zero attached hydrogens (tertiary/aromatic N) is 4. The Balaban J connectivity index is 1.68. The molecule has 0 saturated heterocycles. The van der Waals surface area contributed by atoms with Crippen LogP contribution in [0.1, 0.15) is 5.82 Å². The molecule has 3 aromatic carbocycles. The van der Waals surface area contributed by atoms with E-state index in [1.165, 1.54) is 11.8 Å². The second-order valence-corrected chi connectivity index (χ2v) is 7.45. The Kier molecular flexibility index (Phi) is 6.50. The van der Waals surface area contributed by atoms with Crippen LogP contribution in [0, 0.1) is 11.3 Å². The van der Waals surface area contributed by atoms with Crippen molar-refractivity contribution in [2.24, 2.45) is 0 Å². The summed E-state index contributed by atoms with van der Waals surface area (Å²) in [6, 6.07) is 27.8. The predicted octanol–water partition coefficient (Wildman–Crippen LogP) is 5.14. The first-order chi connectivity index (χ1) is 15.3. The summed E-state index contributed by atoms with van der Waals surface area (Å²) < 4.78 is 13.6. The van der Waals surface area contributed by atoms with E-state index in [1.807, 2.05) is 71.3 Å². The normalized spacial score (nSPS) is 10.5. The van der Waals surface area contributed by atoms with Crippen LogP contribution < -0.4 is 9.47 Å². The highest BCUT2D eigenvalue weighted by atomic mass is 32.2. The van der Waals surface area contributed by atoms with Crippen LogP contribution in [-0.2, 0) is 6.61 Å². The highest BCUT2D eigenvalue weighted by molar-refractivity contribution is 7.99. The average Bonchev–Trinajstić information content (AvgIpc) is 3.24. The van der Waals surface area contributed by atoms with Crippen molar-refractivity contribution >= 4 is 11.8 Å². The maximum absolute atomic E-state index is 9.01. The van der Waals surface area contributed by atoms with Gasteiger partial charge in [0, 0.05) is 5.56 Å². The number of rotatable bonds is 8. The topological polar surface area (TPSA) is 73.0 Å². The van der Waals surface area contributed by atoms with E-state index in [4.69, 9.17) is 14.7 Å². The molecular weight excluding hydrogens is 408 g/mol. The maximum Gasteiger partial charge on any atom is 0.197 e. The summed E-state index contributed by atoms with van der Waals surface area (Å²) in [5.41, 5.74) is 2.88. The van der Waals surface area contributed by atoms with Crippen LogP contribution in [0.3, 0.4) is 0 Å². The van der Waals surface area contributed by atoms with E-state index < -0.39 is 0 Å². The molecule has 7 heteroatoms. The molecule has 0 spiro atoms. The van der Waals surface area contributed by atoms with Crippen molar-refractivity contribution < 1.29 is 9.47 Å². The molecule has 1 heterocycles. The van der Waals surface area contributed by atoms with E-state index >= 15 is 0 Å². The third kappa shape index (κ3) is 4.55. The number of hydrogen-bond acceptors (Lipinski definition) is 6. The van der Waals surface area contributed by atoms with Gasteiger partial charge in [-0.05, 0) is 23.8 Å². The molecule has 0 aliphatic carbocycles. The molecule has 4 aromatic rings. The third-order valence-corrected chi connectivity index (χ3v) is 5.42. The van der Waals surface area contributed by atoms with Gasteiger partial charge in [-0.1, -0.05) is 72.4 Å². The Labute approximate surface area is 185 Å². The van der Waals surface area contributed by atoms with Crippen LogP contribution in [0.15, 0.2) is 84.0 Å². The Hall–Kier alpha value is -3.76. The zero-order chi connectivity index (χ0) is 21.5. The molecule has 0 bridgehead atoms. The molecule has 0 aliphatic heterocycles. The van der Waals surface area contributed by atoms with Gasteiger partial charge in [0.1, 0.15) is 18.1 Å². The van der Waals surface area contributed by atoms with E-state index in [0.29, 0.717) is 16.7 Å². The molecule has 0 atom stereocenters. The Bertz CT molecular complexity index is 1200. The van der Waals surface area contributed by atoms with Crippen molar-refractivity contribution in [3.05, 3.63) is 84.7 Å². The summed E-state index contributed by atoms with van der Waals surface area (Å²) >= 11 is 1.32. The van der Waals surface area contributed by atoms with E-state index in [2.05, 4.69) is 28.4 Å². The van der Waals surface area contributed by atoms with Crippen molar-refractivity contribution in [3.8, 4) is 34.4 Å². The number of benzene rings is 3. The van der Waals surface area contributed by atoms with Crippen LogP contribution in [0.2, 0.25) is 0 Å². The lowest BCUT2D eigenvalue weighted by molar-refractivity contribution is 0.293. The molecule has 0 fully saturated rings. The molecule has 0 aliphatic rings. The Morgan fingerprint density at radius 1 is 0.903 bits per heavy atom. The zero-order valence-electron chi connectivity index (χ0n) is 16.9. The van der Waals surface area contributed by atoms with E-state index in [9.17, 15) is 0 Å².